The monoisotopic (exact) mass is 272 g/mol. The summed E-state index contributed by atoms with van der Waals surface area (Å²) in [5, 5.41) is 11.1. The van der Waals surface area contributed by atoms with Crippen molar-refractivity contribution >= 4 is 12.0 Å². The molecule has 0 spiro atoms. The maximum absolute atomic E-state index is 11.1. The zero-order chi connectivity index (χ0) is 14.5. The van der Waals surface area contributed by atoms with Crippen molar-refractivity contribution in [1.82, 2.24) is 4.98 Å². The summed E-state index contributed by atoms with van der Waals surface area (Å²) in [7, 11) is 0. The van der Waals surface area contributed by atoms with Crippen LogP contribution < -0.4 is 4.74 Å². The fourth-order valence-corrected chi connectivity index (χ4v) is 1.69. The fourth-order valence-electron chi connectivity index (χ4n) is 1.69. The van der Waals surface area contributed by atoms with E-state index in [2.05, 4.69) is 4.98 Å². The van der Waals surface area contributed by atoms with E-state index in [4.69, 9.17) is 4.74 Å². The SMILES string of the molecule is CCc1ccc(Oc2ncccc2C=O)c([N+](=O)[O-])c1. The van der Waals surface area contributed by atoms with E-state index in [1.54, 1.807) is 12.1 Å². The smallest absolute Gasteiger partial charge is 0.311 e. The van der Waals surface area contributed by atoms with Gasteiger partial charge in [0.15, 0.2) is 6.29 Å². The first-order chi connectivity index (χ1) is 9.65. The van der Waals surface area contributed by atoms with Crippen LogP contribution in [0.4, 0.5) is 5.69 Å². The Hall–Kier alpha value is -2.76. The number of aromatic nitrogens is 1. The van der Waals surface area contributed by atoms with E-state index in [-0.39, 0.29) is 22.9 Å². The standard InChI is InChI=1S/C14H12N2O4/c1-2-10-5-6-13(12(8-10)16(18)19)20-14-11(9-17)4-3-7-15-14/h3-9H,2H2,1H3. The minimum Gasteiger partial charge on any atom is -0.431 e. The molecule has 0 N–H and O–H groups in total. The average Bonchev–Trinajstić information content (AvgIpc) is 2.48. The van der Waals surface area contributed by atoms with E-state index in [0.29, 0.717) is 12.7 Å². The van der Waals surface area contributed by atoms with Gasteiger partial charge in [-0.05, 0) is 30.2 Å². The maximum Gasteiger partial charge on any atom is 0.311 e. The number of nitrogens with zero attached hydrogens (tertiary/aromatic N) is 2. The van der Waals surface area contributed by atoms with Crippen molar-refractivity contribution in [2.75, 3.05) is 0 Å². The quantitative estimate of drug-likeness (QED) is 0.474. The number of benzene rings is 1. The highest BCUT2D eigenvalue weighted by Crippen LogP contribution is 2.32. The van der Waals surface area contributed by atoms with Crippen LogP contribution in [0.1, 0.15) is 22.8 Å². The van der Waals surface area contributed by atoms with E-state index < -0.39 is 4.92 Å². The van der Waals surface area contributed by atoms with Crippen molar-refractivity contribution in [2.45, 2.75) is 13.3 Å². The van der Waals surface area contributed by atoms with Gasteiger partial charge in [0.2, 0.25) is 11.6 Å². The number of aldehydes is 1. The van der Waals surface area contributed by atoms with Crippen LogP contribution in [0.5, 0.6) is 11.6 Å². The van der Waals surface area contributed by atoms with Gasteiger partial charge in [0.25, 0.3) is 0 Å². The summed E-state index contributed by atoms with van der Waals surface area (Å²) >= 11 is 0. The van der Waals surface area contributed by atoms with Crippen molar-refractivity contribution in [1.29, 1.82) is 0 Å². The summed E-state index contributed by atoms with van der Waals surface area (Å²) in [6.45, 7) is 1.91. The lowest BCUT2D eigenvalue weighted by atomic mass is 10.1. The van der Waals surface area contributed by atoms with Gasteiger partial charge in [0, 0.05) is 12.3 Å². The molecule has 1 aromatic heterocycles. The lowest BCUT2D eigenvalue weighted by Gasteiger charge is -2.07. The largest absolute Gasteiger partial charge is 0.431 e. The highest BCUT2D eigenvalue weighted by Gasteiger charge is 2.18. The first-order valence-corrected chi connectivity index (χ1v) is 6.01. The van der Waals surface area contributed by atoms with Crippen LogP contribution in [0, 0.1) is 10.1 Å². The van der Waals surface area contributed by atoms with Crippen LogP contribution in [-0.4, -0.2) is 16.2 Å². The Balaban J connectivity index is 2.43. The van der Waals surface area contributed by atoms with E-state index in [0.717, 1.165) is 5.56 Å². The first kappa shape index (κ1) is 13.7. The third kappa shape index (κ3) is 2.80. The lowest BCUT2D eigenvalue weighted by Crippen LogP contribution is -1.98. The summed E-state index contributed by atoms with van der Waals surface area (Å²) in [5.41, 5.74) is 0.925. The zero-order valence-corrected chi connectivity index (χ0v) is 10.8. The molecule has 0 bridgehead atoms. The number of hydrogen-bond donors (Lipinski definition) is 0. The first-order valence-electron chi connectivity index (χ1n) is 6.01. The van der Waals surface area contributed by atoms with Crippen molar-refractivity contribution in [3.8, 4) is 11.6 Å². The third-order valence-electron chi connectivity index (χ3n) is 2.76. The molecule has 0 aliphatic rings. The molecule has 2 aromatic rings. The van der Waals surface area contributed by atoms with Gasteiger partial charge in [-0.15, -0.1) is 0 Å². The zero-order valence-electron chi connectivity index (χ0n) is 10.8. The number of aryl methyl sites for hydroxylation is 1. The molecule has 0 radical (unpaired) electrons. The molecule has 1 heterocycles. The molecule has 102 valence electrons. The molecule has 0 saturated heterocycles. The number of nitro benzene ring substituents is 1. The Labute approximate surface area is 115 Å². The van der Waals surface area contributed by atoms with E-state index in [1.165, 1.54) is 24.4 Å². The molecule has 6 heteroatoms. The van der Waals surface area contributed by atoms with Gasteiger partial charge in [-0.25, -0.2) is 4.98 Å². The number of pyridine rings is 1. The van der Waals surface area contributed by atoms with Gasteiger partial charge in [0.05, 0.1) is 10.5 Å². The molecule has 0 aliphatic heterocycles. The molecular formula is C14H12N2O4. The molecule has 6 nitrogen and oxygen atoms in total. The van der Waals surface area contributed by atoms with Crippen LogP contribution in [0.25, 0.3) is 0 Å². The topological polar surface area (TPSA) is 82.3 Å². The highest BCUT2D eigenvalue weighted by molar-refractivity contribution is 5.78. The van der Waals surface area contributed by atoms with Crippen molar-refractivity contribution < 1.29 is 14.5 Å². The van der Waals surface area contributed by atoms with E-state index in [9.17, 15) is 14.9 Å². The van der Waals surface area contributed by atoms with Crippen molar-refractivity contribution in [3.63, 3.8) is 0 Å². The maximum atomic E-state index is 11.1. The van der Waals surface area contributed by atoms with E-state index >= 15 is 0 Å². The van der Waals surface area contributed by atoms with Crippen LogP contribution >= 0.6 is 0 Å². The number of rotatable bonds is 5. The van der Waals surface area contributed by atoms with Gasteiger partial charge in [0.1, 0.15) is 0 Å². The molecule has 1 aromatic carbocycles. The molecule has 20 heavy (non-hydrogen) atoms. The summed E-state index contributed by atoms with van der Waals surface area (Å²) < 4.78 is 5.41. The molecule has 0 amide bonds. The van der Waals surface area contributed by atoms with Crippen LogP contribution in [0.15, 0.2) is 36.5 Å². The highest BCUT2D eigenvalue weighted by atomic mass is 16.6. The predicted octanol–water partition coefficient (Wildman–Crippen LogP) is 3.16. The van der Waals surface area contributed by atoms with Crippen molar-refractivity contribution in [2.24, 2.45) is 0 Å². The van der Waals surface area contributed by atoms with Crippen molar-refractivity contribution in [3.05, 3.63) is 57.8 Å². The molecule has 0 fully saturated rings. The predicted molar refractivity (Wildman–Crippen MR) is 72.2 cm³/mol. The summed E-state index contributed by atoms with van der Waals surface area (Å²) in [4.78, 5) is 25.3. The van der Waals surface area contributed by atoms with Crippen LogP contribution in [-0.2, 0) is 6.42 Å². The molecule has 2 rings (SSSR count). The Morgan fingerprint density at radius 1 is 1.40 bits per heavy atom. The molecule has 0 atom stereocenters. The summed E-state index contributed by atoms with van der Waals surface area (Å²) in [6.07, 6.45) is 2.73. The number of hydrogen-bond acceptors (Lipinski definition) is 5. The normalized spacial score (nSPS) is 10.1. The second-order valence-corrected chi connectivity index (χ2v) is 4.03. The molecule has 0 saturated carbocycles. The van der Waals surface area contributed by atoms with Gasteiger partial charge in [-0.3, -0.25) is 14.9 Å². The van der Waals surface area contributed by atoms with Gasteiger partial charge < -0.3 is 4.74 Å². The van der Waals surface area contributed by atoms with Crippen LogP contribution in [0.3, 0.4) is 0 Å². The van der Waals surface area contributed by atoms with Gasteiger partial charge in [-0.2, -0.15) is 0 Å². The second-order valence-electron chi connectivity index (χ2n) is 4.03. The summed E-state index contributed by atoms with van der Waals surface area (Å²) in [6, 6.07) is 7.83. The fraction of sp³-hybridized carbons (Fsp3) is 0.143. The minimum absolute atomic E-state index is 0.0508. The molecule has 0 unspecified atom stereocenters. The van der Waals surface area contributed by atoms with Crippen LogP contribution in [0.2, 0.25) is 0 Å². The Morgan fingerprint density at radius 2 is 2.20 bits per heavy atom. The third-order valence-corrected chi connectivity index (χ3v) is 2.76. The Kier molecular flexibility index (Phi) is 4.05. The Morgan fingerprint density at radius 3 is 2.85 bits per heavy atom. The Bertz CT molecular complexity index is 655. The number of carbonyl (C=O) groups excluding carboxylic acids is 1. The van der Waals surface area contributed by atoms with Gasteiger partial charge >= 0.3 is 5.69 Å². The summed E-state index contributed by atoms with van der Waals surface area (Å²) in [5.74, 6) is 0.115. The van der Waals surface area contributed by atoms with E-state index in [1.807, 2.05) is 6.92 Å². The van der Waals surface area contributed by atoms with Gasteiger partial charge in [-0.1, -0.05) is 13.0 Å². The lowest BCUT2D eigenvalue weighted by molar-refractivity contribution is -0.385. The average molecular weight is 272 g/mol. The number of ether oxygens (including phenoxy) is 1. The number of carbonyl (C=O) groups is 1. The second kappa shape index (κ2) is 5.92. The minimum atomic E-state index is -0.516. The number of nitro groups is 1. The molecule has 0 aliphatic carbocycles. The molecular weight excluding hydrogens is 260 g/mol.